The van der Waals surface area contributed by atoms with Gasteiger partial charge in [0.2, 0.25) is 0 Å². The molecule has 0 spiro atoms. The van der Waals surface area contributed by atoms with Crippen molar-refractivity contribution in [3.8, 4) is 0 Å². The number of aryl methyl sites for hydroxylation is 1. The summed E-state index contributed by atoms with van der Waals surface area (Å²) in [6, 6.07) is 6.37. The lowest BCUT2D eigenvalue weighted by atomic mass is 9.68. The van der Waals surface area contributed by atoms with Gasteiger partial charge in [-0.05, 0) is 49.0 Å². The molecule has 1 aliphatic carbocycles. The molecule has 160 valence electrons. The van der Waals surface area contributed by atoms with Gasteiger partial charge in [-0.2, -0.15) is 5.21 Å². The number of ether oxygens (including phenoxy) is 1. The third-order valence-corrected chi connectivity index (χ3v) is 5.49. The lowest BCUT2D eigenvalue weighted by molar-refractivity contribution is -0.146. The first-order valence-corrected chi connectivity index (χ1v) is 9.89. The number of hydrogen-bond acceptors (Lipinski definition) is 6. The molecule has 4 atom stereocenters. The Balaban J connectivity index is 1.55. The van der Waals surface area contributed by atoms with Crippen LogP contribution in [0.3, 0.4) is 0 Å². The van der Waals surface area contributed by atoms with Crippen LogP contribution in [0.5, 0.6) is 0 Å². The highest BCUT2D eigenvalue weighted by Crippen LogP contribution is 2.42. The lowest BCUT2D eigenvalue weighted by Crippen LogP contribution is -2.54. The van der Waals surface area contributed by atoms with Crippen LogP contribution >= 0.6 is 0 Å². The van der Waals surface area contributed by atoms with Crippen molar-refractivity contribution in [1.29, 1.82) is 0 Å². The molecule has 2 heterocycles. The molecule has 1 aromatic carbocycles. The molecule has 9 nitrogen and oxygen atoms in total. The number of piperidine rings is 1. The van der Waals surface area contributed by atoms with Crippen LogP contribution in [0.2, 0.25) is 0 Å². The number of likely N-dealkylation sites (tertiary alicyclic amines) is 1. The number of fused-ring (bicyclic) bond motifs is 1. The van der Waals surface area contributed by atoms with Crippen molar-refractivity contribution in [2.75, 3.05) is 6.54 Å². The predicted molar refractivity (Wildman–Crippen MR) is 106 cm³/mol. The number of nitrogens with one attached hydrogen (secondary N) is 1. The number of H-pyrrole nitrogens is 1. The number of carbonyl (C=O) groups is 2. The monoisotopic (exact) mass is 418 g/mol. The zero-order valence-corrected chi connectivity index (χ0v) is 16.3. The van der Waals surface area contributed by atoms with E-state index in [-0.39, 0.29) is 32.4 Å². The second-order valence-electron chi connectivity index (χ2n) is 7.47. The number of rotatable bonds is 6. The first kappa shape index (κ1) is 14.9. The smallest absolute Gasteiger partial charge is 0.410 e. The second-order valence-corrected chi connectivity index (χ2v) is 7.47. The number of aliphatic carboxylic acids is 1. The van der Waals surface area contributed by atoms with Crippen molar-refractivity contribution in [1.82, 2.24) is 25.5 Å². The summed E-state index contributed by atoms with van der Waals surface area (Å²) < 4.78 is 48.8. The number of aromatic amines is 1. The summed E-state index contributed by atoms with van der Waals surface area (Å²) in [7, 11) is 0. The van der Waals surface area contributed by atoms with E-state index in [1.54, 1.807) is 30.3 Å². The Hall–Kier alpha value is -2.97. The number of amides is 1. The van der Waals surface area contributed by atoms with Gasteiger partial charge in [0.1, 0.15) is 12.6 Å². The molecule has 9 heteroatoms. The van der Waals surface area contributed by atoms with Gasteiger partial charge in [-0.3, -0.25) is 4.90 Å². The van der Waals surface area contributed by atoms with E-state index in [0.29, 0.717) is 11.4 Å². The summed E-state index contributed by atoms with van der Waals surface area (Å²) >= 11 is 0. The minimum atomic E-state index is -2.44. The summed E-state index contributed by atoms with van der Waals surface area (Å²) in [5.74, 6) is -3.95. The van der Waals surface area contributed by atoms with Crippen molar-refractivity contribution in [2.24, 2.45) is 17.8 Å². The maximum absolute atomic E-state index is 12.9. The summed E-state index contributed by atoms with van der Waals surface area (Å²) in [5, 5.41) is 23.3. The van der Waals surface area contributed by atoms with Gasteiger partial charge < -0.3 is 9.84 Å². The highest BCUT2D eigenvalue weighted by molar-refractivity contribution is 5.80. The Morgan fingerprint density at radius 1 is 1.33 bits per heavy atom. The minimum Gasteiger partial charge on any atom is -0.480 e. The third kappa shape index (κ3) is 4.77. The molecule has 0 radical (unpaired) electrons. The van der Waals surface area contributed by atoms with Crippen LogP contribution in [0, 0.1) is 17.8 Å². The lowest BCUT2D eigenvalue weighted by Gasteiger charge is -2.45. The van der Waals surface area contributed by atoms with E-state index in [0.717, 1.165) is 4.90 Å². The van der Waals surface area contributed by atoms with Crippen LogP contribution in [0.25, 0.3) is 0 Å². The maximum atomic E-state index is 12.9. The largest absolute Gasteiger partial charge is 0.480 e. The van der Waals surface area contributed by atoms with Gasteiger partial charge in [0.25, 0.3) is 0 Å². The van der Waals surface area contributed by atoms with Gasteiger partial charge >= 0.3 is 12.1 Å². The molecular weight excluding hydrogens is 386 g/mol. The molecule has 1 aromatic heterocycles. The average molecular weight is 419 g/mol. The van der Waals surface area contributed by atoms with Gasteiger partial charge in [-0.25, -0.2) is 9.59 Å². The van der Waals surface area contributed by atoms with Crippen LogP contribution in [0.1, 0.15) is 50.2 Å². The molecule has 30 heavy (non-hydrogen) atoms. The van der Waals surface area contributed by atoms with Gasteiger partial charge in [-0.15, -0.1) is 10.2 Å². The minimum absolute atomic E-state index is 0.0771. The second kappa shape index (κ2) is 9.23. The van der Waals surface area contributed by atoms with Crippen LogP contribution in [-0.4, -0.2) is 55.3 Å². The summed E-state index contributed by atoms with van der Waals surface area (Å²) in [5.41, 5.74) is 0.691. The molecule has 2 aliphatic rings. The standard InChI is InChI=1S/C21H27N5O4/c27-20(28)18-11-17-10-14(7-9-19-22-24-25-23-19)6-8-16(17)12-26(18)21(29)30-13-15-4-2-1-3-5-15/h1-5,14,16-18H,6-13H2,(H,27,28)(H,22,23,24,25)/t14-,16+,17-,18+/m1/s1/i6D2,10D2,18D. The molecule has 1 saturated heterocycles. The first-order valence-electron chi connectivity index (χ1n) is 12.4. The third-order valence-electron chi connectivity index (χ3n) is 5.49. The SMILES string of the molecule is [2H]C1([2H])C[C@H]2CN(C(=O)OCc3ccccc3)[C@]([2H])(C(=O)O)C[C@H]2C([2H])([2H])[C@H]1CCc1nn[nH]n1. The fourth-order valence-electron chi connectivity index (χ4n) is 3.90. The number of carboxylic acid groups (broad SMARTS) is 1. The molecule has 1 saturated carbocycles. The normalized spacial score (nSPS) is 34.3. The number of tetrazole rings is 1. The molecule has 0 bridgehead atoms. The number of carboxylic acids is 1. The average Bonchev–Trinajstić information content (AvgIpc) is 3.31. The zero-order valence-electron chi connectivity index (χ0n) is 21.3. The van der Waals surface area contributed by atoms with Crippen molar-refractivity contribution in [3.05, 3.63) is 41.7 Å². The topological polar surface area (TPSA) is 121 Å². The Kier molecular flexibility index (Phi) is 4.59. The van der Waals surface area contributed by atoms with E-state index in [4.69, 9.17) is 11.6 Å². The van der Waals surface area contributed by atoms with Crippen LogP contribution in [-0.2, 0) is 22.6 Å². The molecule has 2 N–H and O–H groups in total. The van der Waals surface area contributed by atoms with Crippen molar-refractivity contribution >= 4 is 12.1 Å². The number of hydrogen-bond donors (Lipinski definition) is 2. The van der Waals surface area contributed by atoms with Crippen LogP contribution < -0.4 is 0 Å². The summed E-state index contributed by atoms with van der Waals surface area (Å²) in [6.45, 7) is -0.398. The maximum Gasteiger partial charge on any atom is 0.410 e. The molecule has 4 rings (SSSR count). The van der Waals surface area contributed by atoms with Crippen molar-refractivity contribution in [2.45, 2.75) is 51.1 Å². The highest BCUT2D eigenvalue weighted by atomic mass is 16.6. The van der Waals surface area contributed by atoms with Crippen molar-refractivity contribution in [3.63, 3.8) is 0 Å². The van der Waals surface area contributed by atoms with Gasteiger partial charge in [0.15, 0.2) is 5.82 Å². The highest BCUT2D eigenvalue weighted by Gasteiger charge is 2.44. The zero-order chi connectivity index (χ0) is 25.4. The van der Waals surface area contributed by atoms with Gasteiger partial charge in [-0.1, -0.05) is 41.9 Å². The van der Waals surface area contributed by atoms with E-state index in [9.17, 15) is 14.7 Å². The first-order chi connectivity index (χ1) is 16.4. The van der Waals surface area contributed by atoms with Crippen LogP contribution in [0.4, 0.5) is 4.79 Å². The van der Waals surface area contributed by atoms with E-state index in [1.807, 2.05) is 0 Å². The number of carbonyl (C=O) groups excluding carboxylic acids is 1. The van der Waals surface area contributed by atoms with E-state index in [2.05, 4.69) is 20.6 Å². The summed E-state index contributed by atoms with van der Waals surface area (Å²) in [6.07, 6.45) is -5.33. The van der Waals surface area contributed by atoms with Crippen LogP contribution in [0.15, 0.2) is 30.3 Å². The molecule has 2 fully saturated rings. The fourth-order valence-corrected chi connectivity index (χ4v) is 3.90. The molecule has 2 aromatic rings. The summed E-state index contributed by atoms with van der Waals surface area (Å²) in [4.78, 5) is 25.9. The van der Waals surface area contributed by atoms with E-state index >= 15 is 0 Å². The van der Waals surface area contributed by atoms with Crippen molar-refractivity contribution < 1.29 is 26.3 Å². The predicted octanol–water partition coefficient (Wildman–Crippen LogP) is 2.66. The number of aromatic nitrogens is 4. The number of benzene rings is 1. The Morgan fingerprint density at radius 2 is 2.17 bits per heavy atom. The van der Waals surface area contributed by atoms with Gasteiger partial charge in [0.05, 0.1) is 1.37 Å². The molecule has 0 unspecified atom stereocenters. The van der Waals surface area contributed by atoms with E-state index in [1.165, 1.54) is 0 Å². The Morgan fingerprint density at radius 3 is 2.90 bits per heavy atom. The fraction of sp³-hybridized carbons (Fsp3) is 0.571. The molecular formula is C21H27N5O4. The van der Waals surface area contributed by atoms with E-state index < -0.39 is 55.0 Å². The number of nitrogens with zero attached hydrogens (tertiary/aromatic N) is 4. The quantitative estimate of drug-likeness (QED) is 0.739. The Bertz CT molecular complexity index is 1060. The Labute approximate surface area is 181 Å². The molecule has 1 amide bonds. The molecule has 1 aliphatic heterocycles. The van der Waals surface area contributed by atoms with Gasteiger partial charge in [0, 0.05) is 18.4 Å².